The van der Waals surface area contributed by atoms with E-state index in [9.17, 15) is 21.6 Å². The molecule has 18 heavy (non-hydrogen) atoms. The Morgan fingerprint density at radius 2 is 1.94 bits per heavy atom. The van der Waals surface area contributed by atoms with Crippen LogP contribution in [-0.2, 0) is 20.9 Å². The van der Waals surface area contributed by atoms with Crippen molar-refractivity contribution in [2.24, 2.45) is 0 Å². The second kappa shape index (κ2) is 5.57. The zero-order valence-corrected chi connectivity index (χ0v) is 10.2. The standard InChI is InChI=1S/C10H11F3O4S/c1-2-16-9-5-3-4-8(6-9)7-17-18(14,15)10(11,12)13/h3-6H,2,7H2,1H3. The number of halogens is 3. The van der Waals surface area contributed by atoms with E-state index in [0.717, 1.165) is 0 Å². The molecule has 1 aromatic rings. The number of alkyl halides is 3. The second-order valence-corrected chi connectivity index (χ2v) is 4.85. The van der Waals surface area contributed by atoms with Crippen molar-refractivity contribution in [1.29, 1.82) is 0 Å². The van der Waals surface area contributed by atoms with Gasteiger partial charge in [-0.1, -0.05) is 12.1 Å². The molecule has 0 radical (unpaired) electrons. The van der Waals surface area contributed by atoms with Gasteiger partial charge in [0, 0.05) is 0 Å². The Hall–Kier alpha value is -1.28. The SMILES string of the molecule is CCOc1cccc(COS(=O)(=O)C(F)(F)F)c1. The van der Waals surface area contributed by atoms with Crippen LogP contribution < -0.4 is 4.74 Å². The molecule has 102 valence electrons. The molecule has 0 spiro atoms. The lowest BCUT2D eigenvalue weighted by atomic mass is 10.2. The third-order valence-corrected chi connectivity index (χ3v) is 2.87. The molecule has 0 aliphatic rings. The highest BCUT2D eigenvalue weighted by Crippen LogP contribution is 2.25. The average Bonchev–Trinajstić information content (AvgIpc) is 2.26. The summed E-state index contributed by atoms with van der Waals surface area (Å²) in [4.78, 5) is 0. The third kappa shape index (κ3) is 3.88. The number of ether oxygens (including phenoxy) is 1. The van der Waals surface area contributed by atoms with Gasteiger partial charge >= 0.3 is 15.6 Å². The number of rotatable bonds is 5. The smallest absolute Gasteiger partial charge is 0.494 e. The molecule has 1 aromatic carbocycles. The van der Waals surface area contributed by atoms with Gasteiger partial charge in [0.1, 0.15) is 5.75 Å². The summed E-state index contributed by atoms with van der Waals surface area (Å²) in [5, 5.41) is 0. The molecule has 0 aromatic heterocycles. The van der Waals surface area contributed by atoms with Crippen molar-refractivity contribution >= 4 is 10.1 Å². The van der Waals surface area contributed by atoms with E-state index in [0.29, 0.717) is 12.4 Å². The van der Waals surface area contributed by atoms with Gasteiger partial charge < -0.3 is 4.74 Å². The molecule has 0 atom stereocenters. The van der Waals surface area contributed by atoms with Crippen LogP contribution in [0.1, 0.15) is 12.5 Å². The Balaban J connectivity index is 2.72. The topological polar surface area (TPSA) is 52.6 Å². The van der Waals surface area contributed by atoms with Crippen LogP contribution in [-0.4, -0.2) is 20.5 Å². The Morgan fingerprint density at radius 3 is 2.50 bits per heavy atom. The lowest BCUT2D eigenvalue weighted by Crippen LogP contribution is -2.25. The summed E-state index contributed by atoms with van der Waals surface area (Å²) in [6.07, 6.45) is 0. The quantitative estimate of drug-likeness (QED) is 0.615. The first kappa shape index (κ1) is 14.8. The lowest BCUT2D eigenvalue weighted by molar-refractivity contribution is -0.0547. The van der Waals surface area contributed by atoms with Crippen LogP contribution in [0.4, 0.5) is 13.2 Å². The highest BCUT2D eigenvalue weighted by molar-refractivity contribution is 7.87. The molecule has 0 saturated heterocycles. The van der Waals surface area contributed by atoms with Gasteiger partial charge in [-0.3, -0.25) is 4.18 Å². The van der Waals surface area contributed by atoms with Gasteiger partial charge in [-0.05, 0) is 24.6 Å². The monoisotopic (exact) mass is 284 g/mol. The summed E-state index contributed by atoms with van der Waals surface area (Å²) in [7, 11) is -5.56. The van der Waals surface area contributed by atoms with Crippen LogP contribution in [0.15, 0.2) is 24.3 Å². The van der Waals surface area contributed by atoms with E-state index in [2.05, 4.69) is 4.18 Å². The van der Waals surface area contributed by atoms with Gasteiger partial charge in [0.05, 0.1) is 13.2 Å². The van der Waals surface area contributed by atoms with Crippen LogP contribution in [0.3, 0.4) is 0 Å². The minimum atomic E-state index is -5.56. The molecule has 0 aliphatic carbocycles. The highest BCUT2D eigenvalue weighted by atomic mass is 32.2. The molecular formula is C10H11F3O4S. The lowest BCUT2D eigenvalue weighted by Gasteiger charge is -2.09. The molecule has 0 fully saturated rings. The Labute approximate surface area is 102 Å². The molecule has 0 saturated carbocycles. The fourth-order valence-corrected chi connectivity index (χ4v) is 1.53. The summed E-state index contributed by atoms with van der Waals surface area (Å²) in [5.41, 5.74) is -5.14. The summed E-state index contributed by atoms with van der Waals surface area (Å²) < 4.78 is 66.3. The molecule has 0 heterocycles. The van der Waals surface area contributed by atoms with E-state index in [4.69, 9.17) is 4.74 Å². The molecule has 1 rings (SSSR count). The van der Waals surface area contributed by atoms with E-state index in [1.165, 1.54) is 18.2 Å². The van der Waals surface area contributed by atoms with Crippen molar-refractivity contribution in [3.63, 3.8) is 0 Å². The van der Waals surface area contributed by atoms with Crippen molar-refractivity contribution in [2.45, 2.75) is 19.0 Å². The fourth-order valence-electron chi connectivity index (χ4n) is 1.10. The van der Waals surface area contributed by atoms with Crippen LogP contribution in [0, 0.1) is 0 Å². The number of hydrogen-bond donors (Lipinski definition) is 0. The van der Waals surface area contributed by atoms with Gasteiger partial charge in [-0.15, -0.1) is 0 Å². The second-order valence-electron chi connectivity index (χ2n) is 3.24. The first-order valence-electron chi connectivity index (χ1n) is 4.93. The molecule has 0 bridgehead atoms. The molecule has 8 heteroatoms. The van der Waals surface area contributed by atoms with Gasteiger partial charge in [0.2, 0.25) is 0 Å². The third-order valence-electron chi connectivity index (χ3n) is 1.87. The summed E-state index contributed by atoms with van der Waals surface area (Å²) in [5.74, 6) is 0.433. The predicted octanol–water partition coefficient (Wildman–Crippen LogP) is 2.45. The maximum absolute atomic E-state index is 12.0. The minimum absolute atomic E-state index is 0.272. The van der Waals surface area contributed by atoms with Crippen molar-refractivity contribution in [1.82, 2.24) is 0 Å². The van der Waals surface area contributed by atoms with Crippen molar-refractivity contribution < 1.29 is 30.5 Å². The Bertz CT molecular complexity index is 496. The van der Waals surface area contributed by atoms with Crippen LogP contribution in [0.25, 0.3) is 0 Å². The first-order valence-corrected chi connectivity index (χ1v) is 6.34. The summed E-state index contributed by atoms with van der Waals surface area (Å²) >= 11 is 0. The normalized spacial score (nSPS) is 12.4. The van der Waals surface area contributed by atoms with E-state index in [1.54, 1.807) is 13.0 Å². The van der Waals surface area contributed by atoms with Crippen molar-refractivity contribution in [2.75, 3.05) is 6.61 Å². The average molecular weight is 284 g/mol. The fraction of sp³-hybridized carbons (Fsp3) is 0.400. The summed E-state index contributed by atoms with van der Waals surface area (Å²) in [6, 6.07) is 5.99. The Kier molecular flexibility index (Phi) is 4.58. The van der Waals surface area contributed by atoms with E-state index < -0.39 is 22.2 Å². The molecular weight excluding hydrogens is 273 g/mol. The molecule has 0 aliphatic heterocycles. The number of hydrogen-bond acceptors (Lipinski definition) is 4. The Morgan fingerprint density at radius 1 is 1.28 bits per heavy atom. The zero-order chi connectivity index (χ0) is 13.8. The maximum Gasteiger partial charge on any atom is 0.523 e. The molecule has 0 amide bonds. The van der Waals surface area contributed by atoms with Gasteiger partial charge in [-0.2, -0.15) is 21.6 Å². The van der Waals surface area contributed by atoms with E-state index >= 15 is 0 Å². The summed E-state index contributed by atoms with van der Waals surface area (Å²) in [6.45, 7) is 1.45. The van der Waals surface area contributed by atoms with Gasteiger partial charge in [-0.25, -0.2) is 0 Å². The molecule has 4 nitrogen and oxygen atoms in total. The maximum atomic E-state index is 12.0. The van der Waals surface area contributed by atoms with Crippen molar-refractivity contribution in [3.05, 3.63) is 29.8 Å². The minimum Gasteiger partial charge on any atom is -0.494 e. The van der Waals surface area contributed by atoms with Gasteiger partial charge in [0.25, 0.3) is 0 Å². The van der Waals surface area contributed by atoms with E-state index in [1.807, 2.05) is 0 Å². The zero-order valence-electron chi connectivity index (χ0n) is 9.40. The predicted molar refractivity (Wildman–Crippen MR) is 57.4 cm³/mol. The van der Waals surface area contributed by atoms with Crippen LogP contribution in [0.5, 0.6) is 5.75 Å². The van der Waals surface area contributed by atoms with Gasteiger partial charge in [0.15, 0.2) is 0 Å². The molecule has 0 unspecified atom stereocenters. The first-order chi connectivity index (χ1) is 8.26. The van der Waals surface area contributed by atoms with E-state index in [-0.39, 0.29) is 5.56 Å². The highest BCUT2D eigenvalue weighted by Gasteiger charge is 2.47. The van der Waals surface area contributed by atoms with Crippen molar-refractivity contribution in [3.8, 4) is 5.75 Å². The molecule has 0 N–H and O–H groups in total. The largest absolute Gasteiger partial charge is 0.523 e. The van der Waals surface area contributed by atoms with Crippen LogP contribution >= 0.6 is 0 Å². The van der Waals surface area contributed by atoms with Crippen LogP contribution in [0.2, 0.25) is 0 Å². The number of benzene rings is 1.